The second-order valence-corrected chi connectivity index (χ2v) is 2.45. The van der Waals surface area contributed by atoms with Gasteiger partial charge in [0.1, 0.15) is 0 Å². The Morgan fingerprint density at radius 1 is 1.46 bits per heavy atom. The fourth-order valence-corrected chi connectivity index (χ4v) is 0.848. The molecule has 0 saturated heterocycles. The third-order valence-electron chi connectivity index (χ3n) is 1.11. The fraction of sp³-hybridized carbons (Fsp3) is 0.286. The van der Waals surface area contributed by atoms with Gasteiger partial charge >= 0.3 is 5.97 Å². The lowest BCUT2D eigenvalue weighted by Crippen LogP contribution is -2.04. The van der Waals surface area contributed by atoms with E-state index < -0.39 is 5.97 Å². The SMILES string of the molecule is COc1cc(OC(C)=O)nc(Cl)n1. The van der Waals surface area contributed by atoms with Crippen LogP contribution in [-0.4, -0.2) is 23.0 Å². The van der Waals surface area contributed by atoms with Crippen molar-refractivity contribution in [1.29, 1.82) is 0 Å². The van der Waals surface area contributed by atoms with Crippen LogP contribution in [0.1, 0.15) is 6.92 Å². The summed E-state index contributed by atoms with van der Waals surface area (Å²) < 4.78 is 9.47. The lowest BCUT2D eigenvalue weighted by molar-refractivity contribution is -0.132. The number of rotatable bonds is 2. The molecule has 0 saturated carbocycles. The predicted octanol–water partition coefficient (Wildman–Crippen LogP) is 1.06. The van der Waals surface area contributed by atoms with Crippen molar-refractivity contribution in [3.05, 3.63) is 11.3 Å². The molecule has 1 rings (SSSR count). The summed E-state index contributed by atoms with van der Waals surface area (Å²) in [5.74, 6) is -0.155. The maximum absolute atomic E-state index is 10.6. The van der Waals surface area contributed by atoms with Crippen LogP contribution in [0.15, 0.2) is 6.07 Å². The van der Waals surface area contributed by atoms with E-state index in [-0.39, 0.29) is 17.0 Å². The highest BCUT2D eigenvalue weighted by Gasteiger charge is 2.05. The number of methoxy groups -OCH3 is 1. The first-order valence-corrected chi connectivity index (χ1v) is 3.76. The Kier molecular flexibility index (Phi) is 3.02. The summed E-state index contributed by atoms with van der Waals surface area (Å²) in [5.41, 5.74) is 0. The standard InChI is InChI=1S/C7H7ClN2O3/c1-4(11)13-6-3-5(12-2)9-7(8)10-6/h3H,1-2H3. The van der Waals surface area contributed by atoms with Crippen LogP contribution >= 0.6 is 11.6 Å². The molecule has 0 aromatic carbocycles. The van der Waals surface area contributed by atoms with Gasteiger partial charge in [-0.3, -0.25) is 4.79 Å². The third-order valence-corrected chi connectivity index (χ3v) is 1.28. The van der Waals surface area contributed by atoms with Crippen molar-refractivity contribution < 1.29 is 14.3 Å². The van der Waals surface area contributed by atoms with Crippen molar-refractivity contribution in [2.45, 2.75) is 6.92 Å². The average Bonchev–Trinajstić information content (AvgIpc) is 2.01. The molecule has 1 aromatic heterocycles. The molecular weight excluding hydrogens is 196 g/mol. The van der Waals surface area contributed by atoms with Crippen molar-refractivity contribution in [3.63, 3.8) is 0 Å². The quantitative estimate of drug-likeness (QED) is 0.530. The maximum atomic E-state index is 10.6. The van der Waals surface area contributed by atoms with Crippen LogP contribution in [0, 0.1) is 0 Å². The van der Waals surface area contributed by atoms with Crippen LogP contribution in [0.2, 0.25) is 5.28 Å². The molecule has 70 valence electrons. The van der Waals surface area contributed by atoms with Crippen LogP contribution in [0.3, 0.4) is 0 Å². The zero-order chi connectivity index (χ0) is 9.84. The number of esters is 1. The van der Waals surface area contributed by atoms with Gasteiger partial charge in [-0.05, 0) is 11.6 Å². The Bertz CT molecular complexity index is 330. The molecule has 5 nitrogen and oxygen atoms in total. The summed E-state index contributed by atoms with van der Waals surface area (Å²) in [6, 6.07) is 1.37. The number of nitrogens with zero attached hydrogens (tertiary/aromatic N) is 2. The number of aromatic nitrogens is 2. The average molecular weight is 203 g/mol. The predicted molar refractivity (Wildman–Crippen MR) is 44.9 cm³/mol. The maximum Gasteiger partial charge on any atom is 0.309 e. The molecule has 0 aliphatic rings. The van der Waals surface area contributed by atoms with E-state index >= 15 is 0 Å². The lowest BCUT2D eigenvalue weighted by Gasteiger charge is -2.02. The minimum atomic E-state index is -0.475. The van der Waals surface area contributed by atoms with E-state index in [9.17, 15) is 4.79 Å². The van der Waals surface area contributed by atoms with Gasteiger partial charge in [-0.1, -0.05) is 0 Å². The minimum absolute atomic E-state index is 0.0319. The van der Waals surface area contributed by atoms with Gasteiger partial charge < -0.3 is 9.47 Å². The Balaban J connectivity index is 2.94. The molecule has 0 fully saturated rings. The minimum Gasteiger partial charge on any atom is -0.481 e. The van der Waals surface area contributed by atoms with Gasteiger partial charge in [0, 0.05) is 6.92 Å². The first-order valence-electron chi connectivity index (χ1n) is 3.39. The smallest absolute Gasteiger partial charge is 0.309 e. The molecule has 0 N–H and O–H groups in total. The molecule has 0 atom stereocenters. The molecule has 0 aliphatic heterocycles. The fourth-order valence-electron chi connectivity index (χ4n) is 0.681. The first-order chi connectivity index (χ1) is 6.11. The van der Waals surface area contributed by atoms with Gasteiger partial charge in [-0.2, -0.15) is 9.97 Å². The highest BCUT2D eigenvalue weighted by molar-refractivity contribution is 6.28. The molecule has 0 spiro atoms. The van der Waals surface area contributed by atoms with E-state index in [1.807, 2.05) is 0 Å². The van der Waals surface area contributed by atoms with Gasteiger partial charge in [0.25, 0.3) is 0 Å². The molecule has 13 heavy (non-hydrogen) atoms. The van der Waals surface area contributed by atoms with E-state index in [0.717, 1.165) is 0 Å². The molecule has 0 radical (unpaired) electrons. The molecule has 0 aliphatic carbocycles. The summed E-state index contributed by atoms with van der Waals surface area (Å²) in [6.45, 7) is 1.27. The molecule has 1 aromatic rings. The van der Waals surface area contributed by atoms with Crippen molar-refractivity contribution in [2.24, 2.45) is 0 Å². The van der Waals surface area contributed by atoms with Crippen LogP contribution in [-0.2, 0) is 4.79 Å². The van der Waals surface area contributed by atoms with Gasteiger partial charge in [-0.25, -0.2) is 0 Å². The van der Waals surface area contributed by atoms with Crippen molar-refractivity contribution in [1.82, 2.24) is 9.97 Å². The number of carbonyl (C=O) groups is 1. The van der Waals surface area contributed by atoms with Crippen molar-refractivity contribution in [2.75, 3.05) is 7.11 Å². The van der Waals surface area contributed by atoms with E-state index in [4.69, 9.17) is 16.3 Å². The zero-order valence-corrected chi connectivity index (χ0v) is 7.83. The van der Waals surface area contributed by atoms with E-state index in [2.05, 4.69) is 14.7 Å². The van der Waals surface area contributed by atoms with Crippen LogP contribution < -0.4 is 9.47 Å². The van der Waals surface area contributed by atoms with Crippen molar-refractivity contribution in [3.8, 4) is 11.8 Å². The molecule has 0 unspecified atom stereocenters. The lowest BCUT2D eigenvalue weighted by atomic mass is 10.6. The summed E-state index contributed by atoms with van der Waals surface area (Å²) in [7, 11) is 1.43. The second kappa shape index (κ2) is 4.04. The zero-order valence-electron chi connectivity index (χ0n) is 7.07. The highest BCUT2D eigenvalue weighted by Crippen LogP contribution is 2.17. The highest BCUT2D eigenvalue weighted by atomic mass is 35.5. The number of hydrogen-bond donors (Lipinski definition) is 0. The monoisotopic (exact) mass is 202 g/mol. The van der Waals surface area contributed by atoms with E-state index in [1.54, 1.807) is 0 Å². The molecule has 0 bridgehead atoms. The number of hydrogen-bond acceptors (Lipinski definition) is 5. The molecular formula is C7H7ClN2O3. The summed E-state index contributed by atoms with van der Waals surface area (Å²) in [4.78, 5) is 17.9. The molecule has 6 heteroatoms. The van der Waals surface area contributed by atoms with Crippen molar-refractivity contribution >= 4 is 17.6 Å². The molecule has 1 heterocycles. The number of carbonyl (C=O) groups excluding carboxylic acids is 1. The van der Waals surface area contributed by atoms with Gasteiger partial charge in [0.2, 0.25) is 17.0 Å². The topological polar surface area (TPSA) is 61.3 Å². The second-order valence-electron chi connectivity index (χ2n) is 2.11. The Labute approximate surface area is 79.7 Å². The van der Waals surface area contributed by atoms with Gasteiger partial charge in [0.05, 0.1) is 13.2 Å². The number of ether oxygens (including phenoxy) is 2. The van der Waals surface area contributed by atoms with Crippen LogP contribution in [0.4, 0.5) is 0 Å². The molecule has 0 amide bonds. The summed E-state index contributed by atoms with van der Waals surface area (Å²) >= 11 is 5.52. The normalized spacial score (nSPS) is 9.46. The third kappa shape index (κ3) is 2.87. The van der Waals surface area contributed by atoms with E-state index in [0.29, 0.717) is 0 Å². The van der Waals surface area contributed by atoms with Gasteiger partial charge in [-0.15, -0.1) is 0 Å². The Hall–Kier alpha value is -1.36. The summed E-state index contributed by atoms with van der Waals surface area (Å²) in [6.07, 6.45) is 0. The first kappa shape index (κ1) is 9.73. The van der Waals surface area contributed by atoms with Gasteiger partial charge in [0.15, 0.2) is 0 Å². The number of halogens is 1. The Morgan fingerprint density at radius 2 is 2.08 bits per heavy atom. The summed E-state index contributed by atoms with van der Waals surface area (Å²) in [5, 5.41) is -0.0319. The van der Waals surface area contributed by atoms with E-state index in [1.165, 1.54) is 20.1 Å². The van der Waals surface area contributed by atoms with Crippen LogP contribution in [0.5, 0.6) is 11.8 Å². The van der Waals surface area contributed by atoms with Crippen LogP contribution in [0.25, 0.3) is 0 Å². The Morgan fingerprint density at radius 3 is 2.62 bits per heavy atom. The largest absolute Gasteiger partial charge is 0.481 e.